The molecule has 0 aliphatic rings. The molecule has 5 heteroatoms. The first-order valence-corrected chi connectivity index (χ1v) is 4.06. The highest BCUT2D eigenvalue weighted by molar-refractivity contribution is 5.68. The second kappa shape index (κ2) is 4.61. The van der Waals surface area contributed by atoms with E-state index in [1.807, 2.05) is 12.3 Å². The maximum atomic E-state index is 10.3. The summed E-state index contributed by atoms with van der Waals surface area (Å²) in [5.41, 5.74) is 0. The number of rotatable bonds is 5. The Balaban J connectivity index is 2.22. The average Bonchev–Trinajstić information content (AvgIpc) is 2.51. The van der Waals surface area contributed by atoms with E-state index >= 15 is 0 Å². The molecular weight excluding hydrogens is 170 g/mol. The summed E-state index contributed by atoms with van der Waals surface area (Å²) in [7, 11) is 1.78. The largest absolute Gasteiger partial charge is 0.480 e. The predicted molar refractivity (Wildman–Crippen MR) is 47.4 cm³/mol. The fraction of sp³-hybridized carbons (Fsp3) is 0.500. The van der Waals surface area contributed by atoms with Crippen molar-refractivity contribution >= 4 is 5.97 Å². The van der Waals surface area contributed by atoms with E-state index < -0.39 is 5.97 Å². The molecule has 1 N–H and O–H groups in total. The van der Waals surface area contributed by atoms with Crippen molar-refractivity contribution in [3.8, 4) is 0 Å². The Labute approximate surface area is 76.6 Å². The number of likely N-dealkylation sites (N-methyl/N-ethyl adjacent to an activating group) is 1. The zero-order valence-electron chi connectivity index (χ0n) is 7.55. The van der Waals surface area contributed by atoms with Crippen LogP contribution in [0.4, 0.5) is 0 Å². The molecule has 1 heterocycles. The number of aromatic nitrogens is 2. The Hall–Kier alpha value is -1.36. The number of hydrogen-bond acceptors (Lipinski definition) is 3. The lowest BCUT2D eigenvalue weighted by atomic mass is 10.5. The number of carbonyl (C=O) groups is 1. The van der Waals surface area contributed by atoms with E-state index in [9.17, 15) is 4.79 Å². The average molecular weight is 183 g/mol. The second-order valence-corrected chi connectivity index (χ2v) is 2.90. The van der Waals surface area contributed by atoms with Crippen LogP contribution >= 0.6 is 0 Å². The van der Waals surface area contributed by atoms with Crippen LogP contribution in [0.3, 0.4) is 0 Å². The number of carboxylic acids is 1. The first kappa shape index (κ1) is 9.73. The Morgan fingerprint density at radius 3 is 3.00 bits per heavy atom. The number of aliphatic carboxylic acids is 1. The van der Waals surface area contributed by atoms with E-state index in [4.69, 9.17) is 5.11 Å². The summed E-state index contributed by atoms with van der Waals surface area (Å²) in [4.78, 5) is 12.0. The molecule has 0 aliphatic heterocycles. The van der Waals surface area contributed by atoms with Gasteiger partial charge in [0, 0.05) is 18.9 Å². The lowest BCUT2D eigenvalue weighted by Gasteiger charge is -2.13. The summed E-state index contributed by atoms with van der Waals surface area (Å²) in [6.07, 6.45) is 3.56. The predicted octanol–water partition coefficient (Wildman–Crippen LogP) is -0.100. The van der Waals surface area contributed by atoms with Crippen molar-refractivity contribution in [2.45, 2.75) is 6.54 Å². The summed E-state index contributed by atoms with van der Waals surface area (Å²) in [6, 6.07) is 1.84. The minimum absolute atomic E-state index is 0.0707. The van der Waals surface area contributed by atoms with E-state index in [1.165, 1.54) is 0 Å². The molecule has 1 aromatic rings. The van der Waals surface area contributed by atoms with Gasteiger partial charge in [-0.05, 0) is 13.1 Å². The zero-order valence-corrected chi connectivity index (χ0v) is 7.55. The van der Waals surface area contributed by atoms with E-state index in [0.717, 1.165) is 6.54 Å². The van der Waals surface area contributed by atoms with E-state index in [0.29, 0.717) is 6.54 Å². The minimum Gasteiger partial charge on any atom is -0.480 e. The fourth-order valence-corrected chi connectivity index (χ4v) is 1.02. The lowest BCUT2D eigenvalue weighted by Crippen LogP contribution is -2.29. The van der Waals surface area contributed by atoms with Gasteiger partial charge in [-0.1, -0.05) is 0 Å². The van der Waals surface area contributed by atoms with Gasteiger partial charge < -0.3 is 5.11 Å². The van der Waals surface area contributed by atoms with Crippen LogP contribution in [0.1, 0.15) is 0 Å². The Bertz CT molecular complexity index is 258. The summed E-state index contributed by atoms with van der Waals surface area (Å²) in [6.45, 7) is 1.48. The van der Waals surface area contributed by atoms with Gasteiger partial charge in [0.1, 0.15) is 0 Å². The van der Waals surface area contributed by atoms with Gasteiger partial charge in [0.25, 0.3) is 0 Å². The van der Waals surface area contributed by atoms with Crippen LogP contribution in [0.5, 0.6) is 0 Å². The molecule has 72 valence electrons. The highest BCUT2D eigenvalue weighted by Crippen LogP contribution is 1.87. The van der Waals surface area contributed by atoms with Gasteiger partial charge in [0.05, 0.1) is 13.1 Å². The first-order valence-electron chi connectivity index (χ1n) is 4.06. The van der Waals surface area contributed by atoms with Crippen LogP contribution in [-0.4, -0.2) is 45.9 Å². The molecule has 0 radical (unpaired) electrons. The van der Waals surface area contributed by atoms with Crippen LogP contribution in [0.15, 0.2) is 18.5 Å². The van der Waals surface area contributed by atoms with Crippen molar-refractivity contribution in [3.05, 3.63) is 18.5 Å². The summed E-state index contributed by atoms with van der Waals surface area (Å²) in [5, 5.41) is 12.5. The van der Waals surface area contributed by atoms with Gasteiger partial charge in [0.2, 0.25) is 0 Å². The van der Waals surface area contributed by atoms with Crippen LogP contribution in [-0.2, 0) is 11.3 Å². The number of carboxylic acid groups (broad SMARTS) is 1. The molecule has 0 bridgehead atoms. The smallest absolute Gasteiger partial charge is 0.317 e. The molecule has 0 aliphatic carbocycles. The molecule has 0 amide bonds. The van der Waals surface area contributed by atoms with Gasteiger partial charge >= 0.3 is 5.97 Å². The van der Waals surface area contributed by atoms with Crippen LogP contribution in [0.2, 0.25) is 0 Å². The highest BCUT2D eigenvalue weighted by atomic mass is 16.4. The van der Waals surface area contributed by atoms with Crippen LogP contribution in [0, 0.1) is 0 Å². The van der Waals surface area contributed by atoms with E-state index in [2.05, 4.69) is 5.10 Å². The SMILES string of the molecule is CN(CCn1cccn1)CC(=O)O. The molecular formula is C8H13N3O2. The number of hydrogen-bond donors (Lipinski definition) is 1. The topological polar surface area (TPSA) is 58.4 Å². The monoisotopic (exact) mass is 183 g/mol. The second-order valence-electron chi connectivity index (χ2n) is 2.90. The molecule has 0 atom stereocenters. The summed E-state index contributed by atoms with van der Waals surface area (Å²) < 4.78 is 1.78. The van der Waals surface area contributed by atoms with Crippen molar-refractivity contribution in [3.63, 3.8) is 0 Å². The molecule has 0 saturated carbocycles. The van der Waals surface area contributed by atoms with Gasteiger partial charge in [0.15, 0.2) is 0 Å². The quantitative estimate of drug-likeness (QED) is 0.692. The van der Waals surface area contributed by atoms with E-state index in [-0.39, 0.29) is 6.54 Å². The summed E-state index contributed by atoms with van der Waals surface area (Å²) in [5.74, 6) is -0.803. The molecule has 0 aromatic carbocycles. The molecule has 13 heavy (non-hydrogen) atoms. The van der Waals surface area contributed by atoms with Crippen molar-refractivity contribution < 1.29 is 9.90 Å². The molecule has 0 spiro atoms. The van der Waals surface area contributed by atoms with Crippen LogP contribution in [0.25, 0.3) is 0 Å². The molecule has 1 rings (SSSR count). The van der Waals surface area contributed by atoms with Gasteiger partial charge in [-0.3, -0.25) is 14.4 Å². The zero-order chi connectivity index (χ0) is 9.68. The lowest BCUT2D eigenvalue weighted by molar-refractivity contribution is -0.138. The van der Waals surface area contributed by atoms with Crippen molar-refractivity contribution in [2.75, 3.05) is 20.1 Å². The first-order chi connectivity index (χ1) is 6.18. The summed E-state index contributed by atoms with van der Waals surface area (Å²) >= 11 is 0. The third-order valence-electron chi connectivity index (χ3n) is 1.68. The molecule has 0 saturated heterocycles. The Morgan fingerprint density at radius 2 is 2.46 bits per heavy atom. The third kappa shape index (κ3) is 3.71. The van der Waals surface area contributed by atoms with Gasteiger partial charge in [-0.25, -0.2) is 0 Å². The van der Waals surface area contributed by atoms with Crippen molar-refractivity contribution in [2.24, 2.45) is 0 Å². The van der Waals surface area contributed by atoms with E-state index in [1.54, 1.807) is 22.8 Å². The van der Waals surface area contributed by atoms with Gasteiger partial charge in [-0.15, -0.1) is 0 Å². The Morgan fingerprint density at radius 1 is 1.69 bits per heavy atom. The van der Waals surface area contributed by atoms with Crippen molar-refractivity contribution in [1.29, 1.82) is 0 Å². The fourth-order valence-electron chi connectivity index (χ4n) is 1.02. The third-order valence-corrected chi connectivity index (χ3v) is 1.68. The molecule has 0 fully saturated rings. The highest BCUT2D eigenvalue weighted by Gasteiger charge is 2.03. The standard InChI is InChI=1S/C8H13N3O2/c1-10(7-8(12)13)5-6-11-4-2-3-9-11/h2-4H,5-7H2,1H3,(H,12,13). The molecule has 5 nitrogen and oxygen atoms in total. The maximum absolute atomic E-state index is 10.3. The number of nitrogens with zero attached hydrogens (tertiary/aromatic N) is 3. The molecule has 1 aromatic heterocycles. The molecule has 0 unspecified atom stereocenters. The Kier molecular flexibility index (Phi) is 3.45. The van der Waals surface area contributed by atoms with Gasteiger partial charge in [-0.2, -0.15) is 5.10 Å². The van der Waals surface area contributed by atoms with Crippen molar-refractivity contribution in [1.82, 2.24) is 14.7 Å². The normalized spacial score (nSPS) is 10.6. The minimum atomic E-state index is -0.803. The van der Waals surface area contributed by atoms with Crippen LogP contribution < -0.4 is 0 Å². The maximum Gasteiger partial charge on any atom is 0.317 e.